The minimum absolute atomic E-state index is 0.0186. The smallest absolute Gasteiger partial charge is 0.397 e. The van der Waals surface area contributed by atoms with E-state index < -0.39 is 59.8 Å². The summed E-state index contributed by atoms with van der Waals surface area (Å²) in [6.07, 6.45) is 32.5. The van der Waals surface area contributed by atoms with Gasteiger partial charge in [-0.15, -0.1) is 0 Å². The van der Waals surface area contributed by atoms with Crippen LogP contribution in [0.25, 0.3) is 0 Å². The van der Waals surface area contributed by atoms with E-state index in [1.165, 1.54) is 19.3 Å². The van der Waals surface area contributed by atoms with Gasteiger partial charge in [0.2, 0.25) is 0 Å². The molecule has 324 valence electrons. The van der Waals surface area contributed by atoms with Gasteiger partial charge < -0.3 is 34.3 Å². The Balaban J connectivity index is 2.49. The molecular weight excluding hydrogens is 741 g/mol. The quantitative estimate of drug-likeness (QED) is 0.0209. The van der Waals surface area contributed by atoms with Gasteiger partial charge in [-0.2, -0.15) is 8.42 Å². The molecule has 0 aromatic rings. The summed E-state index contributed by atoms with van der Waals surface area (Å²) in [6, 6.07) is 0. The standard InChI is InChI=1S/C43H74O12S/c1-3-5-7-9-11-13-15-17-19-20-22-24-26-28-30-32-39(45)53-37(35-51-33-31-29-27-25-23-21-18-16-14-12-10-8-6-4-2)36-52-43-41(47)42(55-56(48,49)50)40(46)38(34-44)54-43/h5,7-8,10-11,13-14,16-17,19,37-38,40-44,46-47H,3-4,6,9,12,15,18,20-36H2,1-2H3,(H,48,49,50)/b7-5-,10-8-,13-11-,16-14-,19-17-. The monoisotopic (exact) mass is 814 g/mol. The zero-order chi connectivity index (χ0) is 41.1. The van der Waals surface area contributed by atoms with Crippen molar-refractivity contribution in [2.24, 2.45) is 0 Å². The Morgan fingerprint density at radius 2 is 1.23 bits per heavy atom. The van der Waals surface area contributed by atoms with Crippen LogP contribution in [0, 0.1) is 0 Å². The van der Waals surface area contributed by atoms with Gasteiger partial charge in [0.25, 0.3) is 0 Å². The van der Waals surface area contributed by atoms with Crippen LogP contribution in [0.1, 0.15) is 142 Å². The molecule has 56 heavy (non-hydrogen) atoms. The van der Waals surface area contributed by atoms with E-state index in [0.29, 0.717) is 13.0 Å². The first-order valence-corrected chi connectivity index (χ1v) is 22.4. The number of allylic oxidation sites excluding steroid dienone is 10. The average molecular weight is 815 g/mol. The first-order valence-electron chi connectivity index (χ1n) is 21.0. The van der Waals surface area contributed by atoms with E-state index in [1.807, 2.05) is 0 Å². The average Bonchev–Trinajstić information content (AvgIpc) is 3.17. The fraction of sp³-hybridized carbons (Fsp3) is 0.744. The van der Waals surface area contributed by atoms with Crippen LogP contribution in [0.2, 0.25) is 0 Å². The number of esters is 1. The van der Waals surface area contributed by atoms with Gasteiger partial charge in [-0.25, -0.2) is 4.18 Å². The van der Waals surface area contributed by atoms with Crippen molar-refractivity contribution in [2.45, 2.75) is 179 Å². The van der Waals surface area contributed by atoms with Crippen LogP contribution in [0.5, 0.6) is 0 Å². The Labute approximate surface area is 338 Å². The molecule has 0 aromatic carbocycles. The largest absolute Gasteiger partial charge is 0.457 e. The molecule has 13 heteroatoms. The fourth-order valence-corrected chi connectivity index (χ4v) is 6.47. The van der Waals surface area contributed by atoms with Crippen LogP contribution >= 0.6 is 0 Å². The molecule has 0 aromatic heterocycles. The second-order valence-corrected chi connectivity index (χ2v) is 15.2. The zero-order valence-electron chi connectivity index (χ0n) is 34.2. The molecule has 0 spiro atoms. The van der Waals surface area contributed by atoms with E-state index in [0.717, 1.165) is 96.3 Å². The molecule has 6 atom stereocenters. The van der Waals surface area contributed by atoms with E-state index >= 15 is 0 Å². The summed E-state index contributed by atoms with van der Waals surface area (Å²) in [6.45, 7) is 3.74. The predicted molar refractivity (Wildman–Crippen MR) is 220 cm³/mol. The van der Waals surface area contributed by atoms with Crippen molar-refractivity contribution in [2.75, 3.05) is 26.4 Å². The highest BCUT2D eigenvalue weighted by molar-refractivity contribution is 7.80. The van der Waals surface area contributed by atoms with Gasteiger partial charge in [-0.3, -0.25) is 9.35 Å². The van der Waals surface area contributed by atoms with Crippen molar-refractivity contribution in [3.8, 4) is 0 Å². The lowest BCUT2D eigenvalue weighted by Crippen LogP contribution is -2.60. The summed E-state index contributed by atoms with van der Waals surface area (Å²) in [5.41, 5.74) is 0. The van der Waals surface area contributed by atoms with Crippen molar-refractivity contribution >= 4 is 16.4 Å². The molecule has 1 heterocycles. The molecule has 0 bridgehead atoms. The molecule has 6 unspecified atom stereocenters. The van der Waals surface area contributed by atoms with E-state index in [2.05, 4.69) is 78.8 Å². The van der Waals surface area contributed by atoms with Crippen LogP contribution in [0.3, 0.4) is 0 Å². The second kappa shape index (κ2) is 34.8. The molecule has 0 saturated carbocycles. The number of aliphatic hydroxyl groups is 3. The lowest BCUT2D eigenvalue weighted by molar-refractivity contribution is -0.301. The Morgan fingerprint density at radius 3 is 1.80 bits per heavy atom. The maximum atomic E-state index is 12.8. The van der Waals surface area contributed by atoms with Crippen molar-refractivity contribution in [3.05, 3.63) is 60.8 Å². The number of hydrogen-bond donors (Lipinski definition) is 4. The summed E-state index contributed by atoms with van der Waals surface area (Å²) < 4.78 is 58.9. The predicted octanol–water partition coefficient (Wildman–Crippen LogP) is 8.18. The van der Waals surface area contributed by atoms with E-state index in [9.17, 15) is 28.5 Å². The maximum absolute atomic E-state index is 12.8. The number of rotatable bonds is 35. The number of unbranched alkanes of at least 4 members (excludes halogenated alkanes) is 12. The van der Waals surface area contributed by atoms with Crippen LogP contribution in [-0.2, 0) is 38.3 Å². The van der Waals surface area contributed by atoms with Crippen LogP contribution < -0.4 is 0 Å². The molecule has 4 N–H and O–H groups in total. The molecule has 1 fully saturated rings. The molecular formula is C43H74O12S. The Morgan fingerprint density at radius 1 is 0.696 bits per heavy atom. The van der Waals surface area contributed by atoms with Crippen LogP contribution in [-0.4, -0.2) is 97.5 Å². The summed E-state index contributed by atoms with van der Waals surface area (Å²) in [5.74, 6) is -0.424. The molecule has 0 amide bonds. The van der Waals surface area contributed by atoms with Gasteiger partial charge in [-0.05, 0) is 70.6 Å². The highest BCUT2D eigenvalue weighted by Gasteiger charge is 2.48. The van der Waals surface area contributed by atoms with Gasteiger partial charge >= 0.3 is 16.4 Å². The highest BCUT2D eigenvalue weighted by atomic mass is 32.3. The van der Waals surface area contributed by atoms with Gasteiger partial charge in [0.1, 0.15) is 30.5 Å². The van der Waals surface area contributed by atoms with Gasteiger partial charge in [0.05, 0.1) is 19.8 Å². The maximum Gasteiger partial charge on any atom is 0.397 e. The van der Waals surface area contributed by atoms with E-state index in [4.69, 9.17) is 23.5 Å². The Bertz CT molecular complexity index is 1220. The third-order valence-corrected chi connectivity index (χ3v) is 9.57. The third kappa shape index (κ3) is 28.2. The summed E-state index contributed by atoms with van der Waals surface area (Å²) >= 11 is 0. The summed E-state index contributed by atoms with van der Waals surface area (Å²) in [7, 11) is -5.07. The van der Waals surface area contributed by atoms with Crippen molar-refractivity contribution in [1.29, 1.82) is 0 Å². The minimum atomic E-state index is -5.07. The van der Waals surface area contributed by atoms with Gasteiger partial charge in [-0.1, -0.05) is 126 Å². The molecule has 0 aliphatic carbocycles. The minimum Gasteiger partial charge on any atom is -0.457 e. The lowest BCUT2D eigenvalue weighted by Gasteiger charge is -2.41. The first kappa shape index (κ1) is 51.8. The zero-order valence-corrected chi connectivity index (χ0v) is 35.0. The Hall–Kier alpha value is -2.20. The Kier molecular flexibility index (Phi) is 32.2. The molecule has 1 aliphatic heterocycles. The van der Waals surface area contributed by atoms with Gasteiger partial charge in [0.15, 0.2) is 6.29 Å². The van der Waals surface area contributed by atoms with Gasteiger partial charge in [0, 0.05) is 13.0 Å². The number of aliphatic hydroxyl groups excluding tert-OH is 3. The summed E-state index contributed by atoms with van der Waals surface area (Å²) in [5, 5.41) is 30.6. The third-order valence-electron chi connectivity index (χ3n) is 9.10. The number of hydrogen-bond acceptors (Lipinski definition) is 11. The molecule has 1 rings (SSSR count). The topological polar surface area (TPSA) is 178 Å². The van der Waals surface area contributed by atoms with E-state index in [1.54, 1.807) is 0 Å². The lowest BCUT2D eigenvalue weighted by atomic mass is 9.99. The molecule has 1 saturated heterocycles. The van der Waals surface area contributed by atoms with Crippen molar-refractivity contribution in [3.63, 3.8) is 0 Å². The van der Waals surface area contributed by atoms with Crippen LogP contribution in [0.15, 0.2) is 60.8 Å². The highest BCUT2D eigenvalue weighted by Crippen LogP contribution is 2.26. The van der Waals surface area contributed by atoms with Crippen molar-refractivity contribution in [1.82, 2.24) is 0 Å². The number of carbonyl (C=O) groups is 1. The fourth-order valence-electron chi connectivity index (χ4n) is 5.96. The molecule has 1 aliphatic rings. The second-order valence-electron chi connectivity index (χ2n) is 14.2. The van der Waals surface area contributed by atoms with Crippen molar-refractivity contribution < 1.29 is 56.2 Å². The van der Waals surface area contributed by atoms with E-state index in [-0.39, 0.29) is 19.6 Å². The summed E-state index contributed by atoms with van der Waals surface area (Å²) in [4.78, 5) is 12.8. The number of ether oxygens (including phenoxy) is 4. The molecule has 12 nitrogen and oxygen atoms in total. The normalized spacial score (nSPS) is 21.4. The first-order chi connectivity index (χ1) is 27.1. The molecule has 0 radical (unpaired) electrons. The number of carbonyl (C=O) groups excluding carboxylic acids is 1. The SMILES string of the molecule is CC/C=C\C/C=C\C/C=C\CCCCCCCC(=O)OC(COCCCCCCCC/C=C\C/C=C\CCC)COC1OC(CO)C(O)C(OS(=O)(=O)O)C1O. The van der Waals surface area contributed by atoms with Crippen LogP contribution in [0.4, 0.5) is 0 Å².